The number of ether oxygens (including phenoxy) is 1. The molecule has 2 aromatic rings. The number of rotatable bonds is 5. The fourth-order valence-corrected chi connectivity index (χ4v) is 2.02. The van der Waals surface area contributed by atoms with E-state index in [4.69, 9.17) is 9.15 Å². The number of hydrogen-bond donors (Lipinski definition) is 1. The van der Waals surface area contributed by atoms with Crippen molar-refractivity contribution >= 4 is 15.9 Å². The van der Waals surface area contributed by atoms with Gasteiger partial charge < -0.3 is 14.5 Å². The Labute approximate surface area is 132 Å². The summed E-state index contributed by atoms with van der Waals surface area (Å²) in [4.78, 5) is 0. The van der Waals surface area contributed by atoms with Crippen molar-refractivity contribution in [1.82, 2.24) is 5.32 Å². The zero-order chi connectivity index (χ0) is 15.5. The van der Waals surface area contributed by atoms with E-state index in [2.05, 4.69) is 42.0 Å². The number of nitrogens with one attached hydrogen (secondary N) is 1. The van der Waals surface area contributed by atoms with Crippen molar-refractivity contribution in [3.63, 3.8) is 0 Å². The number of halogens is 2. The molecule has 0 saturated carbocycles. The average molecular weight is 356 g/mol. The summed E-state index contributed by atoms with van der Waals surface area (Å²) < 4.78 is 25.4. The van der Waals surface area contributed by atoms with E-state index in [0.29, 0.717) is 16.8 Å². The Kier molecular flexibility index (Phi) is 5.06. The maximum Gasteiger partial charge on any atom is 0.166 e. The van der Waals surface area contributed by atoms with Gasteiger partial charge in [0.1, 0.15) is 18.1 Å². The summed E-state index contributed by atoms with van der Waals surface area (Å²) in [5.41, 5.74) is 0.0318. The summed E-state index contributed by atoms with van der Waals surface area (Å²) in [6.07, 6.45) is 0. The molecule has 2 rings (SSSR count). The fraction of sp³-hybridized carbons (Fsp3) is 0.375. The van der Waals surface area contributed by atoms with Crippen LogP contribution >= 0.6 is 15.9 Å². The van der Waals surface area contributed by atoms with Gasteiger partial charge in [0.25, 0.3) is 0 Å². The first-order chi connectivity index (χ1) is 9.83. The van der Waals surface area contributed by atoms with Crippen LogP contribution in [-0.4, -0.2) is 5.54 Å². The second-order valence-corrected chi connectivity index (χ2v) is 6.75. The van der Waals surface area contributed by atoms with E-state index in [1.54, 1.807) is 12.1 Å². The van der Waals surface area contributed by atoms with E-state index in [1.165, 1.54) is 6.07 Å². The van der Waals surface area contributed by atoms with Crippen LogP contribution in [0.4, 0.5) is 4.39 Å². The molecule has 0 radical (unpaired) electrons. The topological polar surface area (TPSA) is 34.4 Å². The second kappa shape index (κ2) is 6.62. The zero-order valence-electron chi connectivity index (χ0n) is 12.4. The molecule has 21 heavy (non-hydrogen) atoms. The molecular formula is C16H19BrFNO2. The molecule has 0 aliphatic heterocycles. The van der Waals surface area contributed by atoms with Gasteiger partial charge in [0.2, 0.25) is 0 Å². The lowest BCUT2D eigenvalue weighted by Gasteiger charge is -2.19. The molecule has 0 unspecified atom stereocenters. The first-order valence-corrected chi connectivity index (χ1v) is 7.53. The summed E-state index contributed by atoms with van der Waals surface area (Å²) >= 11 is 3.21. The molecule has 5 heteroatoms. The number of furan rings is 1. The lowest BCUT2D eigenvalue weighted by atomic mass is 10.1. The molecule has 114 valence electrons. The van der Waals surface area contributed by atoms with Gasteiger partial charge in [-0.05, 0) is 51.1 Å². The second-order valence-electron chi connectivity index (χ2n) is 5.83. The largest absolute Gasteiger partial charge is 0.483 e. The molecule has 0 atom stereocenters. The van der Waals surface area contributed by atoms with Crippen LogP contribution in [0.1, 0.15) is 32.3 Å². The molecule has 0 aliphatic rings. The van der Waals surface area contributed by atoms with Gasteiger partial charge in [-0.15, -0.1) is 0 Å². The average Bonchev–Trinajstić information content (AvgIpc) is 2.82. The molecule has 1 aromatic heterocycles. The Morgan fingerprint density at radius 1 is 1.19 bits per heavy atom. The minimum Gasteiger partial charge on any atom is -0.483 e. The fourth-order valence-electron chi connectivity index (χ4n) is 1.69. The van der Waals surface area contributed by atoms with Gasteiger partial charge in [-0.2, -0.15) is 0 Å². The summed E-state index contributed by atoms with van der Waals surface area (Å²) in [5, 5.41) is 3.34. The predicted octanol–water partition coefficient (Wildman–Crippen LogP) is 4.65. The molecule has 1 heterocycles. The van der Waals surface area contributed by atoms with Gasteiger partial charge in [-0.3, -0.25) is 0 Å². The monoisotopic (exact) mass is 355 g/mol. The first kappa shape index (κ1) is 16.0. The molecule has 0 fully saturated rings. The lowest BCUT2D eigenvalue weighted by molar-refractivity contribution is 0.252. The van der Waals surface area contributed by atoms with Gasteiger partial charge in [0, 0.05) is 10.0 Å². The van der Waals surface area contributed by atoms with Crippen LogP contribution in [0.3, 0.4) is 0 Å². The van der Waals surface area contributed by atoms with Gasteiger partial charge in [-0.25, -0.2) is 4.39 Å². The molecular weight excluding hydrogens is 337 g/mol. The Balaban J connectivity index is 1.90. The molecule has 1 aromatic carbocycles. The van der Waals surface area contributed by atoms with E-state index in [0.717, 1.165) is 5.76 Å². The predicted molar refractivity (Wildman–Crippen MR) is 83.7 cm³/mol. The van der Waals surface area contributed by atoms with Crippen molar-refractivity contribution in [1.29, 1.82) is 0 Å². The van der Waals surface area contributed by atoms with Crippen molar-refractivity contribution in [3.8, 4) is 5.75 Å². The van der Waals surface area contributed by atoms with Crippen LogP contribution in [0, 0.1) is 5.82 Å². The van der Waals surface area contributed by atoms with Crippen molar-refractivity contribution in [2.75, 3.05) is 0 Å². The minimum atomic E-state index is -0.398. The van der Waals surface area contributed by atoms with E-state index < -0.39 is 5.82 Å². The Bertz CT molecular complexity index is 605. The van der Waals surface area contributed by atoms with E-state index in [1.807, 2.05) is 12.1 Å². The Morgan fingerprint density at radius 3 is 2.57 bits per heavy atom. The molecule has 0 aliphatic carbocycles. The van der Waals surface area contributed by atoms with Crippen LogP contribution in [0.2, 0.25) is 0 Å². The van der Waals surface area contributed by atoms with Crippen molar-refractivity contribution < 1.29 is 13.5 Å². The summed E-state index contributed by atoms with van der Waals surface area (Å²) in [7, 11) is 0. The highest BCUT2D eigenvalue weighted by Gasteiger charge is 2.11. The third-order valence-corrected chi connectivity index (χ3v) is 3.27. The smallest absolute Gasteiger partial charge is 0.166 e. The van der Waals surface area contributed by atoms with Gasteiger partial charge in [0.15, 0.2) is 11.6 Å². The van der Waals surface area contributed by atoms with E-state index in [-0.39, 0.29) is 17.9 Å². The quantitative estimate of drug-likeness (QED) is 0.847. The van der Waals surface area contributed by atoms with Crippen molar-refractivity contribution in [3.05, 3.63) is 52.1 Å². The molecule has 1 N–H and O–H groups in total. The highest BCUT2D eigenvalue weighted by atomic mass is 79.9. The third kappa shape index (κ3) is 5.17. The van der Waals surface area contributed by atoms with Gasteiger partial charge >= 0.3 is 0 Å². The van der Waals surface area contributed by atoms with Crippen LogP contribution in [0.15, 0.2) is 39.2 Å². The maximum atomic E-state index is 13.6. The molecule has 0 amide bonds. The van der Waals surface area contributed by atoms with Crippen molar-refractivity contribution in [2.45, 2.75) is 39.5 Å². The summed E-state index contributed by atoms with van der Waals surface area (Å²) in [6, 6.07) is 8.44. The van der Waals surface area contributed by atoms with Crippen LogP contribution in [0.25, 0.3) is 0 Å². The van der Waals surface area contributed by atoms with Crippen molar-refractivity contribution in [2.24, 2.45) is 0 Å². The minimum absolute atomic E-state index is 0.0318. The zero-order valence-corrected chi connectivity index (χ0v) is 14.0. The third-order valence-electron chi connectivity index (χ3n) is 2.77. The van der Waals surface area contributed by atoms with Gasteiger partial charge in [0.05, 0.1) is 6.54 Å². The maximum absolute atomic E-state index is 13.6. The van der Waals surface area contributed by atoms with Crippen LogP contribution < -0.4 is 10.1 Å². The SMILES string of the molecule is CC(C)(C)NCc1ccc(COc2ccc(Br)cc2F)o1. The van der Waals surface area contributed by atoms with E-state index in [9.17, 15) is 4.39 Å². The number of benzene rings is 1. The number of hydrogen-bond acceptors (Lipinski definition) is 3. The summed E-state index contributed by atoms with van der Waals surface area (Å²) in [5.74, 6) is 1.32. The highest BCUT2D eigenvalue weighted by molar-refractivity contribution is 9.10. The Morgan fingerprint density at radius 2 is 1.90 bits per heavy atom. The standard InChI is InChI=1S/C16H19BrFNO2/c1-16(2,3)19-9-12-5-6-13(21-12)10-20-15-7-4-11(17)8-14(15)18/h4-8,19H,9-10H2,1-3H3. The molecule has 0 spiro atoms. The Hall–Kier alpha value is -1.33. The lowest BCUT2D eigenvalue weighted by Crippen LogP contribution is -2.34. The molecule has 0 saturated heterocycles. The highest BCUT2D eigenvalue weighted by Crippen LogP contribution is 2.22. The van der Waals surface area contributed by atoms with Gasteiger partial charge in [-0.1, -0.05) is 15.9 Å². The van der Waals surface area contributed by atoms with Crippen LogP contribution in [0.5, 0.6) is 5.75 Å². The normalized spacial score (nSPS) is 11.7. The molecule has 0 bridgehead atoms. The van der Waals surface area contributed by atoms with E-state index >= 15 is 0 Å². The summed E-state index contributed by atoms with van der Waals surface area (Å²) in [6.45, 7) is 7.13. The first-order valence-electron chi connectivity index (χ1n) is 6.74. The van der Waals surface area contributed by atoms with Crippen LogP contribution in [-0.2, 0) is 13.2 Å². The molecule has 3 nitrogen and oxygen atoms in total.